The van der Waals surface area contributed by atoms with Crippen molar-refractivity contribution in [3.63, 3.8) is 0 Å². The summed E-state index contributed by atoms with van der Waals surface area (Å²) in [6, 6.07) is 3.12. The Labute approximate surface area is 107 Å². The van der Waals surface area contributed by atoms with Crippen LogP contribution in [0.25, 0.3) is 0 Å². The van der Waals surface area contributed by atoms with Crippen molar-refractivity contribution in [2.24, 2.45) is 0 Å². The molecular weight excluding hydrogens is 254 g/mol. The van der Waals surface area contributed by atoms with Gasteiger partial charge in [0.15, 0.2) is 0 Å². The summed E-state index contributed by atoms with van der Waals surface area (Å²) in [5, 5.41) is 2.85. The minimum Gasteiger partial charge on any atom is -0.380 e. The van der Waals surface area contributed by atoms with E-state index in [2.05, 4.69) is 10.3 Å². The molecule has 1 saturated heterocycles. The summed E-state index contributed by atoms with van der Waals surface area (Å²) in [5.74, 6) is 0.640. The Morgan fingerprint density at radius 3 is 2.78 bits per heavy atom. The Kier molecular flexibility index (Phi) is 3.84. The van der Waals surface area contributed by atoms with E-state index in [0.717, 1.165) is 6.42 Å². The molecule has 0 bridgehead atoms. The molecular formula is C11H17N3O3S. The van der Waals surface area contributed by atoms with Gasteiger partial charge in [0.05, 0.1) is 12.6 Å². The van der Waals surface area contributed by atoms with Crippen LogP contribution in [0.15, 0.2) is 23.2 Å². The van der Waals surface area contributed by atoms with Gasteiger partial charge < -0.3 is 10.1 Å². The van der Waals surface area contributed by atoms with Crippen LogP contribution in [-0.4, -0.2) is 51.1 Å². The van der Waals surface area contributed by atoms with Crippen LogP contribution in [0.5, 0.6) is 0 Å². The molecule has 1 aromatic rings. The molecule has 0 radical (unpaired) electrons. The molecule has 1 aliphatic heterocycles. The first-order chi connectivity index (χ1) is 8.55. The summed E-state index contributed by atoms with van der Waals surface area (Å²) in [5.41, 5.74) is 0. The zero-order valence-corrected chi connectivity index (χ0v) is 11.3. The molecule has 0 saturated carbocycles. The molecule has 1 N–H and O–H groups in total. The molecule has 2 rings (SSSR count). The molecule has 6 nitrogen and oxygen atoms in total. The maximum absolute atomic E-state index is 12.3. The number of sulfonamides is 1. The molecule has 7 heteroatoms. The van der Waals surface area contributed by atoms with Gasteiger partial charge in [-0.25, -0.2) is 13.4 Å². The average Bonchev–Trinajstić information content (AvgIpc) is 2.91. The first kappa shape index (κ1) is 13.3. The number of aromatic nitrogens is 1. The third kappa shape index (κ3) is 2.47. The minimum atomic E-state index is -3.48. The number of nitrogens with zero attached hydrogens (tertiary/aromatic N) is 2. The monoisotopic (exact) mass is 271 g/mol. The van der Waals surface area contributed by atoms with Gasteiger partial charge in [-0.3, -0.25) is 0 Å². The smallest absolute Gasteiger partial charge is 0.244 e. The van der Waals surface area contributed by atoms with Crippen molar-refractivity contribution in [3.8, 4) is 0 Å². The highest BCUT2D eigenvalue weighted by atomic mass is 32.2. The predicted octanol–water partition coefficient (Wildman–Crippen LogP) is 0.533. The standard InChI is InChI=1S/C11H17N3O3S/c1-12-11-4-3-10(7-13-11)18(15,16)14(2)9-5-6-17-8-9/h3-4,7,9H,5-6,8H2,1-2H3,(H,12,13). The van der Waals surface area contributed by atoms with E-state index < -0.39 is 10.0 Å². The molecule has 0 aliphatic carbocycles. The second kappa shape index (κ2) is 5.21. The van der Waals surface area contributed by atoms with E-state index in [0.29, 0.717) is 19.0 Å². The van der Waals surface area contributed by atoms with Gasteiger partial charge in [0.1, 0.15) is 10.7 Å². The number of ether oxygens (including phenoxy) is 1. The lowest BCUT2D eigenvalue weighted by Crippen LogP contribution is -2.37. The molecule has 0 aromatic carbocycles. The fourth-order valence-electron chi connectivity index (χ4n) is 1.85. The van der Waals surface area contributed by atoms with E-state index in [1.165, 1.54) is 10.5 Å². The molecule has 100 valence electrons. The quantitative estimate of drug-likeness (QED) is 0.865. The number of likely N-dealkylation sites (N-methyl/N-ethyl adjacent to an activating group) is 1. The SMILES string of the molecule is CNc1ccc(S(=O)(=O)N(C)C2CCOC2)cn1. The molecule has 1 atom stereocenters. The third-order valence-electron chi connectivity index (χ3n) is 3.09. The van der Waals surface area contributed by atoms with Gasteiger partial charge in [-0.1, -0.05) is 0 Å². The Balaban J connectivity index is 2.23. The van der Waals surface area contributed by atoms with Crippen LogP contribution >= 0.6 is 0 Å². The molecule has 1 aromatic heterocycles. The van der Waals surface area contributed by atoms with Crippen molar-refractivity contribution in [2.45, 2.75) is 17.4 Å². The first-order valence-electron chi connectivity index (χ1n) is 5.75. The average molecular weight is 271 g/mol. The van der Waals surface area contributed by atoms with Gasteiger partial charge in [0, 0.05) is 26.9 Å². The van der Waals surface area contributed by atoms with Crippen molar-refractivity contribution < 1.29 is 13.2 Å². The number of rotatable bonds is 4. The highest BCUT2D eigenvalue weighted by molar-refractivity contribution is 7.89. The lowest BCUT2D eigenvalue weighted by molar-refractivity contribution is 0.181. The fourth-order valence-corrected chi connectivity index (χ4v) is 3.17. The Hall–Kier alpha value is -1.18. The summed E-state index contributed by atoms with van der Waals surface area (Å²) in [6.45, 7) is 1.07. The second-order valence-electron chi connectivity index (χ2n) is 4.17. The van der Waals surface area contributed by atoms with E-state index in [-0.39, 0.29) is 10.9 Å². The highest BCUT2D eigenvalue weighted by Crippen LogP contribution is 2.20. The van der Waals surface area contributed by atoms with Crippen LogP contribution in [0.1, 0.15) is 6.42 Å². The number of anilines is 1. The maximum atomic E-state index is 12.3. The van der Waals surface area contributed by atoms with Gasteiger partial charge >= 0.3 is 0 Å². The highest BCUT2D eigenvalue weighted by Gasteiger charge is 2.30. The number of pyridine rings is 1. The lowest BCUT2D eigenvalue weighted by Gasteiger charge is -2.22. The van der Waals surface area contributed by atoms with E-state index in [9.17, 15) is 8.42 Å². The molecule has 2 heterocycles. The van der Waals surface area contributed by atoms with Crippen molar-refractivity contribution in [1.82, 2.24) is 9.29 Å². The zero-order chi connectivity index (χ0) is 13.2. The Bertz CT molecular complexity index is 495. The van der Waals surface area contributed by atoms with Crippen LogP contribution in [0, 0.1) is 0 Å². The molecule has 1 unspecified atom stereocenters. The van der Waals surface area contributed by atoms with Crippen LogP contribution in [0.2, 0.25) is 0 Å². The summed E-state index contributed by atoms with van der Waals surface area (Å²) in [4.78, 5) is 4.23. The summed E-state index contributed by atoms with van der Waals surface area (Å²) < 4.78 is 31.2. The summed E-state index contributed by atoms with van der Waals surface area (Å²) in [6.07, 6.45) is 2.10. The minimum absolute atomic E-state index is 0.0843. The number of hydrogen-bond acceptors (Lipinski definition) is 5. The number of hydrogen-bond donors (Lipinski definition) is 1. The van der Waals surface area contributed by atoms with Crippen LogP contribution in [0.4, 0.5) is 5.82 Å². The van der Waals surface area contributed by atoms with Crippen molar-refractivity contribution in [1.29, 1.82) is 0 Å². The van der Waals surface area contributed by atoms with E-state index >= 15 is 0 Å². The molecule has 1 aliphatic rings. The second-order valence-corrected chi connectivity index (χ2v) is 6.17. The van der Waals surface area contributed by atoms with Gasteiger partial charge in [0.2, 0.25) is 10.0 Å². The Morgan fingerprint density at radius 1 is 1.50 bits per heavy atom. The third-order valence-corrected chi connectivity index (χ3v) is 4.98. The summed E-state index contributed by atoms with van der Waals surface area (Å²) >= 11 is 0. The van der Waals surface area contributed by atoms with Crippen molar-refractivity contribution >= 4 is 15.8 Å². The van der Waals surface area contributed by atoms with Gasteiger partial charge in [-0.2, -0.15) is 4.31 Å². The summed E-state index contributed by atoms with van der Waals surface area (Å²) in [7, 11) is -0.166. The predicted molar refractivity (Wildman–Crippen MR) is 68.0 cm³/mol. The first-order valence-corrected chi connectivity index (χ1v) is 7.19. The molecule has 0 spiro atoms. The fraction of sp³-hybridized carbons (Fsp3) is 0.545. The van der Waals surface area contributed by atoms with Gasteiger partial charge in [0.25, 0.3) is 0 Å². The normalized spacial score (nSPS) is 20.3. The van der Waals surface area contributed by atoms with Crippen LogP contribution in [0.3, 0.4) is 0 Å². The lowest BCUT2D eigenvalue weighted by atomic mass is 10.3. The van der Waals surface area contributed by atoms with Gasteiger partial charge in [-0.05, 0) is 18.6 Å². The zero-order valence-electron chi connectivity index (χ0n) is 10.5. The van der Waals surface area contributed by atoms with E-state index in [1.54, 1.807) is 26.2 Å². The van der Waals surface area contributed by atoms with Crippen molar-refractivity contribution in [3.05, 3.63) is 18.3 Å². The Morgan fingerprint density at radius 2 is 2.28 bits per heavy atom. The molecule has 0 amide bonds. The number of nitrogens with one attached hydrogen (secondary N) is 1. The van der Waals surface area contributed by atoms with E-state index in [4.69, 9.17) is 4.74 Å². The van der Waals surface area contributed by atoms with Crippen LogP contribution in [-0.2, 0) is 14.8 Å². The molecule has 1 fully saturated rings. The van der Waals surface area contributed by atoms with Crippen LogP contribution < -0.4 is 5.32 Å². The topological polar surface area (TPSA) is 71.5 Å². The molecule has 18 heavy (non-hydrogen) atoms. The van der Waals surface area contributed by atoms with Gasteiger partial charge in [-0.15, -0.1) is 0 Å². The van der Waals surface area contributed by atoms with Crippen molar-refractivity contribution in [2.75, 3.05) is 32.6 Å². The largest absolute Gasteiger partial charge is 0.380 e. The maximum Gasteiger partial charge on any atom is 0.244 e. The van der Waals surface area contributed by atoms with E-state index in [1.807, 2.05) is 0 Å².